The first-order chi connectivity index (χ1) is 10.3. The molecule has 2 atom stereocenters. The van der Waals surface area contributed by atoms with Crippen LogP contribution in [0.15, 0.2) is 35.2 Å². The van der Waals surface area contributed by atoms with E-state index in [2.05, 4.69) is 0 Å². The molecule has 6 heteroatoms. The van der Waals surface area contributed by atoms with Gasteiger partial charge in [0.05, 0.1) is 11.4 Å². The van der Waals surface area contributed by atoms with Gasteiger partial charge in [0.2, 0.25) is 15.9 Å². The molecule has 1 aromatic rings. The third-order valence-electron chi connectivity index (χ3n) is 4.29. The average molecular weight is 324 g/mol. The van der Waals surface area contributed by atoms with Gasteiger partial charge in [-0.25, -0.2) is 8.42 Å². The Hall–Kier alpha value is -1.40. The highest BCUT2D eigenvalue weighted by molar-refractivity contribution is 7.89. The summed E-state index contributed by atoms with van der Waals surface area (Å²) in [5.41, 5.74) is 0. The van der Waals surface area contributed by atoms with Crippen molar-refractivity contribution < 1.29 is 13.2 Å². The van der Waals surface area contributed by atoms with Gasteiger partial charge in [-0.15, -0.1) is 0 Å². The first-order valence-corrected chi connectivity index (χ1v) is 9.10. The molecule has 1 heterocycles. The predicted molar refractivity (Wildman–Crippen MR) is 85.9 cm³/mol. The third-order valence-corrected chi connectivity index (χ3v) is 6.11. The zero-order valence-electron chi connectivity index (χ0n) is 13.4. The number of hydrogen-bond donors (Lipinski definition) is 0. The van der Waals surface area contributed by atoms with Crippen molar-refractivity contribution in [3.8, 4) is 0 Å². The minimum Gasteiger partial charge on any atom is -0.336 e. The van der Waals surface area contributed by atoms with Gasteiger partial charge in [0.15, 0.2) is 0 Å². The minimum atomic E-state index is -3.62. The molecular formula is C16H24N2O3S. The standard InChI is InChI=1S/C16H24N2O3S/c1-13-8-7-9-14(2)18(13)16(19)12-17(3)22(20,21)15-10-5-4-6-11-15/h4-6,10-11,13-14H,7-9,12H2,1-3H3. The van der Waals surface area contributed by atoms with Gasteiger partial charge in [0.1, 0.15) is 0 Å². The number of piperidine rings is 1. The Morgan fingerprint density at radius 2 is 1.73 bits per heavy atom. The van der Waals surface area contributed by atoms with E-state index in [1.54, 1.807) is 30.3 Å². The number of amides is 1. The molecule has 1 aromatic carbocycles. The summed E-state index contributed by atoms with van der Waals surface area (Å²) in [7, 11) is -2.16. The molecule has 22 heavy (non-hydrogen) atoms. The van der Waals surface area contributed by atoms with E-state index in [0.29, 0.717) is 0 Å². The lowest BCUT2D eigenvalue weighted by atomic mass is 9.97. The number of nitrogens with zero attached hydrogens (tertiary/aromatic N) is 2. The Morgan fingerprint density at radius 1 is 1.18 bits per heavy atom. The SMILES string of the molecule is CC1CCCC(C)N1C(=O)CN(C)S(=O)(=O)c1ccccc1. The van der Waals surface area contributed by atoms with Crippen LogP contribution in [0.4, 0.5) is 0 Å². The van der Waals surface area contributed by atoms with E-state index in [9.17, 15) is 13.2 Å². The van der Waals surface area contributed by atoms with Gasteiger partial charge < -0.3 is 4.90 Å². The molecule has 0 spiro atoms. The Bertz CT molecular complexity index is 606. The van der Waals surface area contributed by atoms with Crippen LogP contribution in [-0.4, -0.2) is 49.2 Å². The Kier molecular flexibility index (Phi) is 5.24. The van der Waals surface area contributed by atoms with Crippen molar-refractivity contribution >= 4 is 15.9 Å². The van der Waals surface area contributed by atoms with Crippen LogP contribution in [0, 0.1) is 0 Å². The molecule has 2 rings (SSSR count). The topological polar surface area (TPSA) is 57.7 Å². The van der Waals surface area contributed by atoms with Crippen LogP contribution in [0.3, 0.4) is 0 Å². The number of hydrogen-bond acceptors (Lipinski definition) is 3. The summed E-state index contributed by atoms with van der Waals surface area (Å²) in [6.45, 7) is 3.93. The fraction of sp³-hybridized carbons (Fsp3) is 0.562. The zero-order chi connectivity index (χ0) is 16.3. The monoisotopic (exact) mass is 324 g/mol. The normalized spacial score (nSPS) is 22.8. The van der Waals surface area contributed by atoms with Gasteiger partial charge in [-0.05, 0) is 45.2 Å². The van der Waals surface area contributed by atoms with Crippen molar-refractivity contribution in [3.63, 3.8) is 0 Å². The van der Waals surface area contributed by atoms with Crippen LogP contribution in [0.25, 0.3) is 0 Å². The molecule has 0 N–H and O–H groups in total. The van der Waals surface area contributed by atoms with E-state index in [0.717, 1.165) is 23.6 Å². The summed E-state index contributed by atoms with van der Waals surface area (Å²) in [5.74, 6) is -0.123. The van der Waals surface area contributed by atoms with E-state index in [4.69, 9.17) is 0 Å². The van der Waals surface area contributed by atoms with Crippen molar-refractivity contribution in [3.05, 3.63) is 30.3 Å². The first kappa shape index (κ1) is 17.0. The largest absolute Gasteiger partial charge is 0.336 e. The molecule has 1 fully saturated rings. The molecule has 0 radical (unpaired) electrons. The molecule has 5 nitrogen and oxygen atoms in total. The average Bonchev–Trinajstić information content (AvgIpc) is 2.47. The fourth-order valence-electron chi connectivity index (χ4n) is 3.04. The minimum absolute atomic E-state index is 0.119. The number of carbonyl (C=O) groups excluding carboxylic acids is 1. The highest BCUT2D eigenvalue weighted by Crippen LogP contribution is 2.23. The quantitative estimate of drug-likeness (QED) is 0.852. The van der Waals surface area contributed by atoms with E-state index < -0.39 is 10.0 Å². The number of rotatable bonds is 4. The lowest BCUT2D eigenvalue weighted by Gasteiger charge is -2.39. The second-order valence-corrected chi connectivity index (χ2v) is 8.05. The Labute approximate surface area is 133 Å². The highest BCUT2D eigenvalue weighted by Gasteiger charge is 2.31. The molecule has 1 aliphatic rings. The summed E-state index contributed by atoms with van der Waals surface area (Å²) in [6.07, 6.45) is 3.07. The lowest BCUT2D eigenvalue weighted by molar-refractivity contribution is -0.137. The first-order valence-electron chi connectivity index (χ1n) is 7.66. The van der Waals surface area contributed by atoms with Crippen LogP contribution >= 0.6 is 0 Å². The third kappa shape index (κ3) is 3.50. The van der Waals surface area contributed by atoms with Crippen molar-refractivity contribution in [1.82, 2.24) is 9.21 Å². The summed E-state index contributed by atoms with van der Waals surface area (Å²) >= 11 is 0. The molecule has 0 aromatic heterocycles. The van der Waals surface area contributed by atoms with Crippen LogP contribution in [0.5, 0.6) is 0 Å². The molecular weight excluding hydrogens is 300 g/mol. The molecule has 1 amide bonds. The van der Waals surface area contributed by atoms with E-state index in [1.807, 2.05) is 18.7 Å². The maximum Gasteiger partial charge on any atom is 0.243 e. The van der Waals surface area contributed by atoms with Gasteiger partial charge in [0, 0.05) is 19.1 Å². The molecule has 1 aliphatic heterocycles. The fourth-order valence-corrected chi connectivity index (χ4v) is 4.18. The lowest BCUT2D eigenvalue weighted by Crippen LogP contribution is -2.51. The molecule has 1 saturated heterocycles. The van der Waals surface area contributed by atoms with Gasteiger partial charge in [0.25, 0.3) is 0 Å². The number of benzene rings is 1. The molecule has 0 bridgehead atoms. The Morgan fingerprint density at radius 3 is 2.27 bits per heavy atom. The molecule has 0 saturated carbocycles. The summed E-state index contributed by atoms with van der Waals surface area (Å²) in [6, 6.07) is 8.55. The second kappa shape index (κ2) is 6.79. The molecule has 2 unspecified atom stereocenters. The van der Waals surface area contributed by atoms with Gasteiger partial charge >= 0.3 is 0 Å². The van der Waals surface area contributed by atoms with Gasteiger partial charge in [-0.2, -0.15) is 4.31 Å². The van der Waals surface area contributed by atoms with E-state index >= 15 is 0 Å². The van der Waals surface area contributed by atoms with Gasteiger partial charge in [-0.3, -0.25) is 4.79 Å². The number of likely N-dealkylation sites (tertiary alicyclic amines) is 1. The second-order valence-electron chi connectivity index (χ2n) is 6.00. The Balaban J connectivity index is 2.11. The van der Waals surface area contributed by atoms with Crippen molar-refractivity contribution in [2.24, 2.45) is 0 Å². The molecule has 122 valence electrons. The maximum atomic E-state index is 12.5. The van der Waals surface area contributed by atoms with Crippen LogP contribution in [0.2, 0.25) is 0 Å². The predicted octanol–water partition coefficient (Wildman–Crippen LogP) is 2.10. The van der Waals surface area contributed by atoms with E-state index in [1.165, 1.54) is 7.05 Å². The summed E-state index contributed by atoms with van der Waals surface area (Å²) < 4.78 is 26.1. The zero-order valence-corrected chi connectivity index (χ0v) is 14.2. The number of carbonyl (C=O) groups is 1. The number of sulfonamides is 1. The summed E-state index contributed by atoms with van der Waals surface area (Å²) in [4.78, 5) is 14.6. The highest BCUT2D eigenvalue weighted by atomic mass is 32.2. The number of likely N-dealkylation sites (N-methyl/N-ethyl adjacent to an activating group) is 1. The van der Waals surface area contributed by atoms with Gasteiger partial charge in [-0.1, -0.05) is 18.2 Å². The maximum absolute atomic E-state index is 12.5. The summed E-state index contributed by atoms with van der Waals surface area (Å²) in [5, 5.41) is 0. The van der Waals surface area contributed by atoms with Crippen LogP contribution in [-0.2, 0) is 14.8 Å². The van der Waals surface area contributed by atoms with Crippen LogP contribution in [0.1, 0.15) is 33.1 Å². The van der Waals surface area contributed by atoms with Crippen molar-refractivity contribution in [2.75, 3.05) is 13.6 Å². The molecule has 0 aliphatic carbocycles. The van der Waals surface area contributed by atoms with Crippen molar-refractivity contribution in [2.45, 2.75) is 50.1 Å². The smallest absolute Gasteiger partial charge is 0.243 e. The van der Waals surface area contributed by atoms with Crippen LogP contribution < -0.4 is 0 Å². The van der Waals surface area contributed by atoms with Crippen molar-refractivity contribution in [1.29, 1.82) is 0 Å². The van der Waals surface area contributed by atoms with E-state index in [-0.39, 0.29) is 29.4 Å².